The molecule has 0 saturated heterocycles. The number of ether oxygens (including phenoxy) is 1. The number of alkyl halides is 2. The van der Waals surface area contributed by atoms with E-state index in [9.17, 15) is 18.4 Å². The first-order valence-corrected chi connectivity index (χ1v) is 5.21. The third-order valence-corrected chi connectivity index (χ3v) is 2.08. The lowest BCUT2D eigenvalue weighted by Gasteiger charge is -2.10. The molecule has 0 fully saturated rings. The topological polar surface area (TPSA) is 102 Å². The molecule has 0 bridgehead atoms. The highest BCUT2D eigenvalue weighted by Gasteiger charge is 2.17. The molecule has 0 heterocycles. The Kier molecular flexibility index (Phi) is 5.19. The van der Waals surface area contributed by atoms with Crippen LogP contribution in [0.2, 0.25) is 0 Å². The van der Waals surface area contributed by atoms with Crippen molar-refractivity contribution in [3.8, 4) is 5.75 Å². The van der Waals surface area contributed by atoms with E-state index in [1.165, 1.54) is 24.3 Å². The number of halogens is 2. The molecule has 1 amide bonds. The molecule has 19 heavy (non-hydrogen) atoms. The van der Waals surface area contributed by atoms with Crippen molar-refractivity contribution in [2.24, 2.45) is 5.73 Å². The monoisotopic (exact) mass is 274 g/mol. The summed E-state index contributed by atoms with van der Waals surface area (Å²) < 4.78 is 27.9. The Labute approximate surface area is 107 Å². The Bertz CT molecular complexity index is 451. The van der Waals surface area contributed by atoms with Gasteiger partial charge < -0.3 is 20.9 Å². The molecule has 1 rings (SSSR count). The predicted octanol–water partition coefficient (Wildman–Crippen LogP) is 1.03. The second-order valence-corrected chi connectivity index (χ2v) is 3.60. The highest BCUT2D eigenvalue weighted by atomic mass is 19.3. The van der Waals surface area contributed by atoms with Gasteiger partial charge in [-0.05, 0) is 24.3 Å². The minimum absolute atomic E-state index is 0.0529. The van der Waals surface area contributed by atoms with Crippen LogP contribution in [0, 0.1) is 0 Å². The number of benzene rings is 1. The first kappa shape index (κ1) is 14.8. The Morgan fingerprint density at radius 2 is 1.89 bits per heavy atom. The second kappa shape index (κ2) is 6.64. The fourth-order valence-corrected chi connectivity index (χ4v) is 1.24. The van der Waals surface area contributed by atoms with Crippen molar-refractivity contribution in [1.82, 2.24) is 0 Å². The number of nitrogens with one attached hydrogen (secondary N) is 1. The van der Waals surface area contributed by atoms with Crippen LogP contribution in [0.5, 0.6) is 5.75 Å². The van der Waals surface area contributed by atoms with Gasteiger partial charge in [-0.25, -0.2) is 0 Å². The first-order chi connectivity index (χ1) is 8.88. The average molecular weight is 274 g/mol. The number of rotatable bonds is 6. The summed E-state index contributed by atoms with van der Waals surface area (Å²) in [6.45, 7) is -2.93. The summed E-state index contributed by atoms with van der Waals surface area (Å²) in [6.07, 6.45) is -0.502. The molecule has 4 N–H and O–H groups in total. The molecule has 0 saturated carbocycles. The van der Waals surface area contributed by atoms with Crippen LogP contribution < -0.4 is 15.8 Å². The van der Waals surface area contributed by atoms with Crippen LogP contribution in [0.25, 0.3) is 0 Å². The molecular formula is C11H12F2N2O4. The minimum Gasteiger partial charge on any atom is -0.481 e. The quantitative estimate of drug-likeness (QED) is 0.719. The maximum Gasteiger partial charge on any atom is 0.387 e. The predicted molar refractivity (Wildman–Crippen MR) is 61.9 cm³/mol. The van der Waals surface area contributed by atoms with Crippen molar-refractivity contribution in [3.05, 3.63) is 24.3 Å². The number of aliphatic carboxylic acids is 1. The molecule has 1 aromatic rings. The zero-order valence-corrected chi connectivity index (χ0v) is 9.68. The zero-order valence-electron chi connectivity index (χ0n) is 9.68. The lowest BCUT2D eigenvalue weighted by molar-refractivity contribution is -0.138. The number of hydrogen-bond acceptors (Lipinski definition) is 4. The average Bonchev–Trinajstić information content (AvgIpc) is 2.30. The molecular weight excluding hydrogens is 262 g/mol. The van der Waals surface area contributed by atoms with Crippen LogP contribution in [0.1, 0.15) is 6.42 Å². The molecule has 8 heteroatoms. The van der Waals surface area contributed by atoms with Crippen LogP contribution in [-0.4, -0.2) is 29.6 Å². The Balaban J connectivity index is 2.57. The third kappa shape index (κ3) is 5.30. The summed E-state index contributed by atoms with van der Waals surface area (Å²) in [6, 6.07) is 3.97. The Morgan fingerprint density at radius 1 is 1.32 bits per heavy atom. The van der Waals surface area contributed by atoms with Crippen molar-refractivity contribution < 1.29 is 28.2 Å². The number of hydrogen-bond donors (Lipinski definition) is 3. The van der Waals surface area contributed by atoms with E-state index in [0.717, 1.165) is 0 Å². The standard InChI is InChI=1S/C11H12F2N2O4/c12-11(13)19-7-3-1-6(2-4-7)15-10(18)8(14)5-9(16)17/h1-4,8,11H,5,14H2,(H,15,18)(H,16,17). The van der Waals surface area contributed by atoms with E-state index in [4.69, 9.17) is 10.8 Å². The molecule has 0 aliphatic rings. The van der Waals surface area contributed by atoms with Gasteiger partial charge in [0.25, 0.3) is 0 Å². The fourth-order valence-electron chi connectivity index (χ4n) is 1.24. The highest BCUT2D eigenvalue weighted by molar-refractivity contribution is 5.96. The first-order valence-electron chi connectivity index (χ1n) is 5.21. The molecule has 104 valence electrons. The number of carboxylic acid groups (broad SMARTS) is 1. The number of carbonyl (C=O) groups excluding carboxylic acids is 1. The molecule has 1 aromatic carbocycles. The van der Waals surface area contributed by atoms with Crippen LogP contribution >= 0.6 is 0 Å². The molecule has 1 atom stereocenters. The van der Waals surface area contributed by atoms with Crippen molar-refractivity contribution in [3.63, 3.8) is 0 Å². The largest absolute Gasteiger partial charge is 0.481 e. The van der Waals surface area contributed by atoms with Gasteiger partial charge in [0.1, 0.15) is 5.75 Å². The van der Waals surface area contributed by atoms with Gasteiger partial charge in [-0.15, -0.1) is 0 Å². The lowest BCUT2D eigenvalue weighted by Crippen LogP contribution is -2.37. The number of carboxylic acids is 1. The highest BCUT2D eigenvalue weighted by Crippen LogP contribution is 2.17. The van der Waals surface area contributed by atoms with Crippen molar-refractivity contribution >= 4 is 17.6 Å². The zero-order chi connectivity index (χ0) is 14.4. The van der Waals surface area contributed by atoms with Crippen LogP contribution in [0.3, 0.4) is 0 Å². The van der Waals surface area contributed by atoms with Gasteiger partial charge in [0.05, 0.1) is 12.5 Å². The van der Waals surface area contributed by atoms with Gasteiger partial charge >= 0.3 is 12.6 Å². The van der Waals surface area contributed by atoms with E-state index in [1.54, 1.807) is 0 Å². The lowest BCUT2D eigenvalue weighted by atomic mass is 10.2. The van der Waals surface area contributed by atoms with Gasteiger partial charge in [-0.2, -0.15) is 8.78 Å². The van der Waals surface area contributed by atoms with Crippen LogP contribution in [0.4, 0.5) is 14.5 Å². The number of amides is 1. The maximum atomic E-state index is 11.9. The SMILES string of the molecule is NC(CC(=O)O)C(=O)Nc1ccc(OC(F)F)cc1. The smallest absolute Gasteiger partial charge is 0.387 e. The van der Waals surface area contributed by atoms with E-state index in [0.29, 0.717) is 5.69 Å². The molecule has 0 spiro atoms. The molecule has 0 aliphatic heterocycles. The number of carbonyl (C=O) groups is 2. The van der Waals surface area contributed by atoms with E-state index < -0.39 is 31.0 Å². The van der Waals surface area contributed by atoms with Gasteiger partial charge in [0.15, 0.2) is 0 Å². The molecule has 0 radical (unpaired) electrons. The summed E-state index contributed by atoms with van der Waals surface area (Å²) in [5.74, 6) is -1.92. The Morgan fingerprint density at radius 3 is 2.37 bits per heavy atom. The van der Waals surface area contributed by atoms with Gasteiger partial charge in [0.2, 0.25) is 5.91 Å². The van der Waals surface area contributed by atoms with Gasteiger partial charge in [0, 0.05) is 5.69 Å². The van der Waals surface area contributed by atoms with E-state index in [-0.39, 0.29) is 5.75 Å². The number of nitrogens with two attached hydrogens (primary N) is 1. The van der Waals surface area contributed by atoms with E-state index in [2.05, 4.69) is 10.1 Å². The fraction of sp³-hybridized carbons (Fsp3) is 0.273. The summed E-state index contributed by atoms with van der Waals surface area (Å²) in [7, 11) is 0. The van der Waals surface area contributed by atoms with E-state index in [1.807, 2.05) is 0 Å². The van der Waals surface area contributed by atoms with Gasteiger partial charge in [-0.3, -0.25) is 9.59 Å². The maximum absolute atomic E-state index is 11.9. The summed E-state index contributed by atoms with van der Waals surface area (Å²) >= 11 is 0. The second-order valence-electron chi connectivity index (χ2n) is 3.60. The van der Waals surface area contributed by atoms with Crippen LogP contribution in [-0.2, 0) is 9.59 Å². The Hall–Kier alpha value is -2.22. The molecule has 0 aromatic heterocycles. The summed E-state index contributed by atoms with van der Waals surface area (Å²) in [5, 5.41) is 10.8. The normalized spacial score (nSPS) is 12.0. The van der Waals surface area contributed by atoms with Crippen molar-refractivity contribution in [2.75, 3.05) is 5.32 Å². The van der Waals surface area contributed by atoms with Crippen LogP contribution in [0.15, 0.2) is 24.3 Å². The number of anilines is 1. The van der Waals surface area contributed by atoms with Crippen molar-refractivity contribution in [2.45, 2.75) is 19.1 Å². The molecule has 0 aliphatic carbocycles. The molecule has 1 unspecified atom stereocenters. The third-order valence-electron chi connectivity index (χ3n) is 2.08. The van der Waals surface area contributed by atoms with Crippen molar-refractivity contribution in [1.29, 1.82) is 0 Å². The summed E-state index contributed by atoms with van der Waals surface area (Å²) in [5.41, 5.74) is 5.64. The minimum atomic E-state index is -2.93. The molecule has 6 nitrogen and oxygen atoms in total. The summed E-state index contributed by atoms with van der Waals surface area (Å²) in [4.78, 5) is 21.8. The van der Waals surface area contributed by atoms with Gasteiger partial charge in [-0.1, -0.05) is 0 Å². The van der Waals surface area contributed by atoms with E-state index >= 15 is 0 Å².